The Hall–Kier alpha value is -1.20. The molecule has 0 aliphatic heterocycles. The molecule has 0 spiro atoms. The summed E-state index contributed by atoms with van der Waals surface area (Å²) in [6.45, 7) is 4.09. The molecule has 1 aromatic rings. The van der Waals surface area contributed by atoms with Crippen molar-refractivity contribution in [3.63, 3.8) is 0 Å². The van der Waals surface area contributed by atoms with E-state index in [4.69, 9.17) is 17.0 Å². The zero-order chi connectivity index (χ0) is 12.5. The van der Waals surface area contributed by atoms with Gasteiger partial charge in [0, 0.05) is 19.8 Å². The first-order chi connectivity index (χ1) is 8.24. The van der Waals surface area contributed by atoms with E-state index in [1.54, 1.807) is 18.2 Å². The van der Waals surface area contributed by atoms with Gasteiger partial charge in [-0.1, -0.05) is 12.1 Å². The van der Waals surface area contributed by atoms with Crippen molar-refractivity contribution in [2.45, 2.75) is 13.3 Å². The summed E-state index contributed by atoms with van der Waals surface area (Å²) in [5.74, 6) is -0.314. The largest absolute Gasteiger partial charge is 0.382 e. The number of hydrogen-bond acceptors (Lipinski definition) is 2. The molecule has 0 radical (unpaired) electrons. The summed E-state index contributed by atoms with van der Waals surface area (Å²) in [7, 11) is 0. The fraction of sp³-hybridized carbons (Fsp3) is 0.417. The van der Waals surface area contributed by atoms with E-state index in [1.165, 1.54) is 6.07 Å². The predicted octanol–water partition coefficient (Wildman–Crippen LogP) is 2.54. The van der Waals surface area contributed by atoms with Gasteiger partial charge in [-0.15, -0.1) is 0 Å². The highest BCUT2D eigenvalue weighted by atomic mass is 32.1. The first kappa shape index (κ1) is 13.9. The lowest BCUT2D eigenvalue weighted by molar-refractivity contribution is 0.146. The Morgan fingerprint density at radius 1 is 1.41 bits per heavy atom. The van der Waals surface area contributed by atoms with Gasteiger partial charge in [0.2, 0.25) is 0 Å². The fourth-order valence-electron chi connectivity index (χ4n) is 1.25. The van der Waals surface area contributed by atoms with E-state index in [2.05, 4.69) is 10.6 Å². The van der Waals surface area contributed by atoms with E-state index in [0.29, 0.717) is 24.0 Å². The standard InChI is InChI=1S/C12H17FN2OS/c1-2-16-9-5-8-14-12(17)15-11-7-4-3-6-10(11)13/h3-4,6-7H,2,5,8-9H2,1H3,(H2,14,15,17). The number of thiocarbonyl (C=S) groups is 1. The van der Waals surface area contributed by atoms with Crippen LogP contribution in [0.1, 0.15) is 13.3 Å². The number of hydrogen-bond donors (Lipinski definition) is 2. The van der Waals surface area contributed by atoms with Gasteiger partial charge >= 0.3 is 0 Å². The normalized spacial score (nSPS) is 10.0. The highest BCUT2D eigenvalue weighted by molar-refractivity contribution is 7.80. The summed E-state index contributed by atoms with van der Waals surface area (Å²) >= 11 is 5.04. The van der Waals surface area contributed by atoms with E-state index < -0.39 is 0 Å². The molecule has 1 rings (SSSR count). The molecule has 0 aliphatic rings. The second-order valence-electron chi connectivity index (χ2n) is 3.41. The van der Waals surface area contributed by atoms with Gasteiger partial charge in [0.05, 0.1) is 5.69 Å². The Kier molecular flexibility index (Phi) is 6.50. The van der Waals surface area contributed by atoms with Crippen molar-refractivity contribution in [3.8, 4) is 0 Å². The molecular weight excluding hydrogens is 239 g/mol. The van der Waals surface area contributed by atoms with Crippen molar-refractivity contribution in [1.29, 1.82) is 0 Å². The van der Waals surface area contributed by atoms with Gasteiger partial charge in [-0.25, -0.2) is 4.39 Å². The third kappa shape index (κ3) is 5.60. The Balaban J connectivity index is 2.23. The van der Waals surface area contributed by atoms with Crippen LogP contribution in [0.25, 0.3) is 0 Å². The van der Waals surface area contributed by atoms with Crippen molar-refractivity contribution in [1.82, 2.24) is 5.32 Å². The maximum absolute atomic E-state index is 13.3. The average molecular weight is 256 g/mol. The number of rotatable bonds is 6. The quantitative estimate of drug-likeness (QED) is 0.605. The number of ether oxygens (including phenoxy) is 1. The van der Waals surface area contributed by atoms with E-state index in [0.717, 1.165) is 13.0 Å². The van der Waals surface area contributed by atoms with Crippen LogP contribution < -0.4 is 10.6 Å². The molecule has 0 saturated carbocycles. The second-order valence-corrected chi connectivity index (χ2v) is 3.82. The lowest BCUT2D eigenvalue weighted by atomic mass is 10.3. The molecule has 0 unspecified atom stereocenters. The average Bonchev–Trinajstić information content (AvgIpc) is 2.32. The predicted molar refractivity (Wildman–Crippen MR) is 71.7 cm³/mol. The zero-order valence-corrected chi connectivity index (χ0v) is 10.6. The molecule has 0 aliphatic carbocycles. The van der Waals surface area contributed by atoms with Crippen LogP contribution in [0.15, 0.2) is 24.3 Å². The molecule has 0 aromatic heterocycles. The summed E-state index contributed by atoms with van der Waals surface area (Å²) in [5, 5.41) is 6.22. The minimum absolute atomic E-state index is 0.314. The molecule has 3 nitrogen and oxygen atoms in total. The Bertz CT molecular complexity index is 360. The minimum atomic E-state index is -0.314. The van der Waals surface area contributed by atoms with Crippen LogP contribution in [-0.2, 0) is 4.74 Å². The van der Waals surface area contributed by atoms with E-state index in [9.17, 15) is 4.39 Å². The van der Waals surface area contributed by atoms with Crippen LogP contribution >= 0.6 is 12.2 Å². The zero-order valence-electron chi connectivity index (χ0n) is 9.83. The van der Waals surface area contributed by atoms with Crippen LogP contribution in [0.2, 0.25) is 0 Å². The Morgan fingerprint density at radius 2 is 2.18 bits per heavy atom. The van der Waals surface area contributed by atoms with Gasteiger partial charge < -0.3 is 15.4 Å². The lowest BCUT2D eigenvalue weighted by Crippen LogP contribution is -2.30. The van der Waals surface area contributed by atoms with Gasteiger partial charge in [-0.05, 0) is 37.7 Å². The lowest BCUT2D eigenvalue weighted by Gasteiger charge is -2.10. The molecule has 0 saturated heterocycles. The highest BCUT2D eigenvalue weighted by Crippen LogP contribution is 2.11. The monoisotopic (exact) mass is 256 g/mol. The Morgan fingerprint density at radius 3 is 2.88 bits per heavy atom. The van der Waals surface area contributed by atoms with Crippen molar-refractivity contribution < 1.29 is 9.13 Å². The molecule has 0 bridgehead atoms. The van der Waals surface area contributed by atoms with E-state index >= 15 is 0 Å². The third-order valence-corrected chi connectivity index (χ3v) is 2.32. The maximum Gasteiger partial charge on any atom is 0.170 e. The molecule has 17 heavy (non-hydrogen) atoms. The maximum atomic E-state index is 13.3. The number of halogens is 1. The molecule has 94 valence electrons. The first-order valence-electron chi connectivity index (χ1n) is 5.61. The first-order valence-corrected chi connectivity index (χ1v) is 6.02. The van der Waals surface area contributed by atoms with Crippen LogP contribution in [-0.4, -0.2) is 24.9 Å². The summed E-state index contributed by atoms with van der Waals surface area (Å²) in [6.07, 6.45) is 0.868. The SMILES string of the molecule is CCOCCCNC(=S)Nc1ccccc1F. The van der Waals surface area contributed by atoms with Crippen LogP contribution in [0.4, 0.5) is 10.1 Å². The number of anilines is 1. The fourth-order valence-corrected chi connectivity index (χ4v) is 1.46. The Labute approximate surface area is 106 Å². The molecule has 5 heteroatoms. The van der Waals surface area contributed by atoms with Crippen LogP contribution in [0.3, 0.4) is 0 Å². The number of nitrogens with one attached hydrogen (secondary N) is 2. The smallest absolute Gasteiger partial charge is 0.170 e. The van der Waals surface area contributed by atoms with E-state index in [-0.39, 0.29) is 5.82 Å². The third-order valence-electron chi connectivity index (χ3n) is 2.08. The van der Waals surface area contributed by atoms with Crippen molar-refractivity contribution >= 4 is 23.0 Å². The summed E-state index contributed by atoms with van der Waals surface area (Å²) in [6, 6.07) is 6.42. The van der Waals surface area contributed by atoms with Crippen LogP contribution in [0.5, 0.6) is 0 Å². The summed E-state index contributed by atoms with van der Waals surface area (Å²) in [4.78, 5) is 0. The highest BCUT2D eigenvalue weighted by Gasteiger charge is 2.01. The summed E-state index contributed by atoms with van der Waals surface area (Å²) < 4.78 is 18.5. The number of benzene rings is 1. The van der Waals surface area contributed by atoms with Crippen LogP contribution in [0, 0.1) is 5.82 Å². The molecule has 1 aromatic carbocycles. The van der Waals surface area contributed by atoms with Gasteiger partial charge in [0.1, 0.15) is 5.82 Å². The van der Waals surface area contributed by atoms with Crippen molar-refractivity contribution in [3.05, 3.63) is 30.1 Å². The van der Waals surface area contributed by atoms with Crippen molar-refractivity contribution in [2.75, 3.05) is 25.1 Å². The summed E-state index contributed by atoms with van der Waals surface area (Å²) in [5.41, 5.74) is 0.384. The van der Waals surface area contributed by atoms with E-state index in [1.807, 2.05) is 6.92 Å². The second kappa shape index (κ2) is 7.97. The van der Waals surface area contributed by atoms with Gasteiger partial charge in [-0.2, -0.15) is 0 Å². The molecule has 0 atom stereocenters. The minimum Gasteiger partial charge on any atom is -0.382 e. The van der Waals surface area contributed by atoms with Gasteiger partial charge in [0.25, 0.3) is 0 Å². The molecule has 0 amide bonds. The van der Waals surface area contributed by atoms with Gasteiger partial charge in [0.15, 0.2) is 5.11 Å². The molecule has 2 N–H and O–H groups in total. The number of para-hydroxylation sites is 1. The van der Waals surface area contributed by atoms with Crippen molar-refractivity contribution in [2.24, 2.45) is 0 Å². The molecule has 0 fully saturated rings. The molecular formula is C12H17FN2OS. The van der Waals surface area contributed by atoms with Gasteiger partial charge in [-0.3, -0.25) is 0 Å². The topological polar surface area (TPSA) is 33.3 Å². The molecule has 0 heterocycles.